The highest BCUT2D eigenvalue weighted by Crippen LogP contribution is 2.16. The van der Waals surface area contributed by atoms with Crippen LogP contribution in [0.5, 0.6) is 0 Å². The minimum atomic E-state index is -0.982. The molecule has 2 unspecified atom stereocenters. The van der Waals surface area contributed by atoms with E-state index in [2.05, 4.69) is 20.9 Å². The van der Waals surface area contributed by atoms with Crippen molar-refractivity contribution < 1.29 is 10.2 Å². The van der Waals surface area contributed by atoms with Crippen LogP contribution in [-0.2, 0) is 0 Å². The second-order valence-corrected chi connectivity index (χ2v) is 3.76. The molecule has 1 aromatic rings. The van der Waals surface area contributed by atoms with E-state index in [9.17, 15) is 15.0 Å². The molecule has 3 N–H and O–H groups in total. The minimum absolute atomic E-state index is 0.186. The van der Waals surface area contributed by atoms with Gasteiger partial charge in [0, 0.05) is 17.1 Å². The maximum atomic E-state index is 11.0. The van der Waals surface area contributed by atoms with Crippen LogP contribution in [0.25, 0.3) is 0 Å². The fourth-order valence-corrected chi connectivity index (χ4v) is 1.45. The Hall–Kier alpha value is -0.650. The van der Waals surface area contributed by atoms with Gasteiger partial charge in [0.2, 0.25) is 0 Å². The summed E-state index contributed by atoms with van der Waals surface area (Å²) in [4.78, 5) is 13.5. The summed E-state index contributed by atoms with van der Waals surface area (Å²) in [6, 6.07) is 1.56. The molecule has 78 valence electrons. The fourth-order valence-electron chi connectivity index (χ4n) is 1.10. The largest absolute Gasteiger partial charge is 0.389 e. The highest BCUT2D eigenvalue weighted by molar-refractivity contribution is 9.09. The Morgan fingerprint density at radius 2 is 2.21 bits per heavy atom. The van der Waals surface area contributed by atoms with Gasteiger partial charge in [-0.1, -0.05) is 15.9 Å². The summed E-state index contributed by atoms with van der Waals surface area (Å²) in [5, 5.41) is 19.2. The van der Waals surface area contributed by atoms with E-state index in [0.29, 0.717) is 11.1 Å². The number of hydrogen-bond donors (Lipinski definition) is 3. The summed E-state index contributed by atoms with van der Waals surface area (Å²) in [6.45, 7) is 1.65. The molecule has 0 bridgehead atoms. The number of H-pyrrole nitrogens is 1. The maximum Gasteiger partial charge on any atom is 0.250 e. The third-order valence-electron chi connectivity index (χ3n) is 1.98. The SMILES string of the molecule is Cc1cc(C(O)C(O)CBr)c[nH]c1=O. The quantitative estimate of drug-likeness (QED) is 0.693. The molecular formula is C9H12BrNO3. The molecule has 0 aliphatic rings. The molecule has 0 aliphatic heterocycles. The molecule has 14 heavy (non-hydrogen) atoms. The number of aryl methyl sites for hydroxylation is 1. The van der Waals surface area contributed by atoms with E-state index in [-0.39, 0.29) is 10.9 Å². The number of aliphatic hydroxyl groups is 2. The summed E-state index contributed by atoms with van der Waals surface area (Å²) in [6.07, 6.45) is -0.448. The van der Waals surface area contributed by atoms with Crippen molar-refractivity contribution in [3.8, 4) is 0 Å². The molecule has 0 saturated heterocycles. The van der Waals surface area contributed by atoms with Crippen LogP contribution in [0.2, 0.25) is 0 Å². The highest BCUT2D eigenvalue weighted by Gasteiger charge is 2.17. The van der Waals surface area contributed by atoms with Crippen molar-refractivity contribution >= 4 is 15.9 Å². The predicted molar refractivity (Wildman–Crippen MR) is 56.6 cm³/mol. The van der Waals surface area contributed by atoms with Gasteiger partial charge in [0.05, 0.1) is 6.10 Å². The molecule has 0 aromatic carbocycles. The molecule has 0 saturated carbocycles. The first-order valence-electron chi connectivity index (χ1n) is 4.17. The van der Waals surface area contributed by atoms with Gasteiger partial charge >= 0.3 is 0 Å². The average molecular weight is 262 g/mol. The second kappa shape index (κ2) is 4.72. The lowest BCUT2D eigenvalue weighted by Crippen LogP contribution is -2.21. The van der Waals surface area contributed by atoms with Crippen LogP contribution in [0.4, 0.5) is 0 Å². The zero-order chi connectivity index (χ0) is 10.7. The minimum Gasteiger partial charge on any atom is -0.389 e. The Kier molecular flexibility index (Phi) is 3.86. The third kappa shape index (κ3) is 2.43. The van der Waals surface area contributed by atoms with E-state index in [4.69, 9.17) is 0 Å². The molecule has 1 aromatic heterocycles. The molecule has 5 heteroatoms. The van der Waals surface area contributed by atoms with Crippen molar-refractivity contribution in [3.05, 3.63) is 33.7 Å². The van der Waals surface area contributed by atoms with E-state index in [1.165, 1.54) is 6.20 Å². The number of aromatic nitrogens is 1. The summed E-state index contributed by atoms with van der Waals surface area (Å²) in [7, 11) is 0. The molecule has 1 rings (SSSR count). The number of alkyl halides is 1. The van der Waals surface area contributed by atoms with E-state index < -0.39 is 12.2 Å². The lowest BCUT2D eigenvalue weighted by atomic mass is 10.1. The van der Waals surface area contributed by atoms with Crippen LogP contribution < -0.4 is 5.56 Å². The zero-order valence-electron chi connectivity index (χ0n) is 7.70. The lowest BCUT2D eigenvalue weighted by Gasteiger charge is -2.15. The maximum absolute atomic E-state index is 11.0. The normalized spacial score (nSPS) is 15.1. The molecule has 2 atom stereocenters. The van der Waals surface area contributed by atoms with Gasteiger partial charge in [-0.3, -0.25) is 4.79 Å². The van der Waals surface area contributed by atoms with Gasteiger partial charge in [-0.05, 0) is 18.6 Å². The van der Waals surface area contributed by atoms with Crippen LogP contribution >= 0.6 is 15.9 Å². The van der Waals surface area contributed by atoms with Crippen LogP contribution in [0.3, 0.4) is 0 Å². The fraction of sp³-hybridized carbons (Fsp3) is 0.444. The number of aliphatic hydroxyl groups excluding tert-OH is 2. The number of rotatable bonds is 3. The van der Waals surface area contributed by atoms with Gasteiger partial charge in [0.1, 0.15) is 6.10 Å². The van der Waals surface area contributed by atoms with E-state index in [1.54, 1.807) is 13.0 Å². The molecule has 0 spiro atoms. The van der Waals surface area contributed by atoms with Crippen LogP contribution in [0.15, 0.2) is 17.1 Å². The smallest absolute Gasteiger partial charge is 0.250 e. The molecule has 1 heterocycles. The van der Waals surface area contributed by atoms with Crippen LogP contribution in [-0.4, -0.2) is 26.6 Å². The third-order valence-corrected chi connectivity index (χ3v) is 2.64. The summed E-state index contributed by atoms with van der Waals surface area (Å²) >= 11 is 3.06. The van der Waals surface area contributed by atoms with Crippen molar-refractivity contribution in [1.29, 1.82) is 0 Å². The van der Waals surface area contributed by atoms with Gasteiger partial charge < -0.3 is 15.2 Å². The molecule has 0 amide bonds. The van der Waals surface area contributed by atoms with Gasteiger partial charge in [-0.25, -0.2) is 0 Å². The Bertz CT molecular complexity index is 363. The first kappa shape index (κ1) is 11.4. The Labute approximate surface area is 89.7 Å². The van der Waals surface area contributed by atoms with Gasteiger partial charge in [-0.2, -0.15) is 0 Å². The van der Waals surface area contributed by atoms with Crippen molar-refractivity contribution in [2.45, 2.75) is 19.1 Å². The molecule has 0 fully saturated rings. The van der Waals surface area contributed by atoms with Crippen molar-refractivity contribution in [2.24, 2.45) is 0 Å². The second-order valence-electron chi connectivity index (χ2n) is 3.11. The topological polar surface area (TPSA) is 73.3 Å². The van der Waals surface area contributed by atoms with Crippen molar-refractivity contribution in [1.82, 2.24) is 4.98 Å². The molecular weight excluding hydrogens is 250 g/mol. The zero-order valence-corrected chi connectivity index (χ0v) is 9.28. The summed E-state index contributed by atoms with van der Waals surface area (Å²) in [5.41, 5.74) is 0.839. The highest BCUT2D eigenvalue weighted by atomic mass is 79.9. The number of hydrogen-bond acceptors (Lipinski definition) is 3. The number of pyridine rings is 1. The van der Waals surface area contributed by atoms with E-state index in [0.717, 1.165) is 0 Å². The van der Waals surface area contributed by atoms with Crippen molar-refractivity contribution in [3.63, 3.8) is 0 Å². The Balaban J connectivity index is 2.96. The Morgan fingerprint density at radius 1 is 1.57 bits per heavy atom. The van der Waals surface area contributed by atoms with E-state index >= 15 is 0 Å². The monoisotopic (exact) mass is 261 g/mol. The van der Waals surface area contributed by atoms with Crippen molar-refractivity contribution in [2.75, 3.05) is 5.33 Å². The standard InChI is InChI=1S/C9H12BrNO3/c1-5-2-6(4-11-9(5)14)8(13)7(12)3-10/h2,4,7-8,12-13H,3H2,1H3,(H,11,14). The predicted octanol–water partition coefficient (Wildman–Crippen LogP) is 0.473. The molecule has 0 aliphatic carbocycles. The average Bonchev–Trinajstić information content (AvgIpc) is 2.20. The Morgan fingerprint density at radius 3 is 2.71 bits per heavy atom. The number of nitrogens with one attached hydrogen (secondary N) is 1. The first-order chi connectivity index (χ1) is 6.56. The lowest BCUT2D eigenvalue weighted by molar-refractivity contribution is 0.0340. The number of aromatic amines is 1. The summed E-state index contributed by atoms with van der Waals surface area (Å²) in [5.74, 6) is 0. The molecule has 4 nitrogen and oxygen atoms in total. The van der Waals surface area contributed by atoms with Crippen LogP contribution in [0.1, 0.15) is 17.2 Å². The first-order valence-corrected chi connectivity index (χ1v) is 5.29. The molecule has 0 radical (unpaired) electrons. The van der Waals surface area contributed by atoms with E-state index in [1.807, 2.05) is 0 Å². The number of halogens is 1. The van der Waals surface area contributed by atoms with Gasteiger partial charge in [0.15, 0.2) is 0 Å². The van der Waals surface area contributed by atoms with Gasteiger partial charge in [0.25, 0.3) is 5.56 Å². The van der Waals surface area contributed by atoms with Gasteiger partial charge in [-0.15, -0.1) is 0 Å². The summed E-state index contributed by atoms with van der Waals surface area (Å²) < 4.78 is 0. The van der Waals surface area contributed by atoms with Crippen LogP contribution in [0, 0.1) is 6.92 Å².